The van der Waals surface area contributed by atoms with E-state index in [1.165, 1.54) is 0 Å². The maximum Gasteiger partial charge on any atom is 0.257 e. The van der Waals surface area contributed by atoms with Gasteiger partial charge in [0.2, 0.25) is 0 Å². The second kappa shape index (κ2) is 6.02. The van der Waals surface area contributed by atoms with Crippen LogP contribution in [0.5, 0.6) is 0 Å². The Hall–Kier alpha value is -1.93. The van der Waals surface area contributed by atoms with Crippen molar-refractivity contribution >= 4 is 27.7 Å². The maximum atomic E-state index is 12.4. The molecule has 0 aromatic carbocycles. The minimum absolute atomic E-state index is 0.171. The molecule has 0 radical (unpaired) electrons. The van der Waals surface area contributed by atoms with E-state index in [0.717, 1.165) is 10.0 Å². The first-order chi connectivity index (χ1) is 9.51. The van der Waals surface area contributed by atoms with Gasteiger partial charge in [0.05, 0.1) is 11.8 Å². The van der Waals surface area contributed by atoms with E-state index in [4.69, 9.17) is 5.84 Å². The predicted octanol–water partition coefficient (Wildman–Crippen LogP) is 1.14. The molecule has 8 heteroatoms. The van der Waals surface area contributed by atoms with Gasteiger partial charge in [-0.05, 0) is 22.0 Å². The first-order valence-electron chi connectivity index (χ1n) is 5.86. The quantitative estimate of drug-likeness (QED) is 0.644. The van der Waals surface area contributed by atoms with Crippen molar-refractivity contribution in [2.24, 2.45) is 12.9 Å². The maximum absolute atomic E-state index is 12.4. The largest absolute Gasteiger partial charge is 0.337 e. The standard InChI is InChI=1S/C12H15BrN6O/c1-18(6-8-4-16-19(2)7-8)12(20)10-3-9(13)5-15-11(10)17-14/h3-5,7H,6,14H2,1-2H3,(H,15,17). The minimum atomic E-state index is -0.171. The number of carbonyl (C=O) groups is 1. The Balaban J connectivity index is 2.20. The highest BCUT2D eigenvalue weighted by molar-refractivity contribution is 9.10. The molecule has 0 saturated heterocycles. The Morgan fingerprint density at radius 1 is 1.55 bits per heavy atom. The number of nitrogens with two attached hydrogens (primary N) is 1. The van der Waals surface area contributed by atoms with Gasteiger partial charge in [0.15, 0.2) is 5.82 Å². The number of amides is 1. The summed E-state index contributed by atoms with van der Waals surface area (Å²) in [6.07, 6.45) is 5.17. The zero-order valence-corrected chi connectivity index (χ0v) is 12.8. The number of nitrogens with zero attached hydrogens (tertiary/aromatic N) is 4. The number of rotatable bonds is 4. The highest BCUT2D eigenvalue weighted by Crippen LogP contribution is 2.19. The van der Waals surface area contributed by atoms with Gasteiger partial charge in [-0.1, -0.05) is 0 Å². The van der Waals surface area contributed by atoms with Gasteiger partial charge >= 0.3 is 0 Å². The summed E-state index contributed by atoms with van der Waals surface area (Å²) < 4.78 is 2.41. The lowest BCUT2D eigenvalue weighted by molar-refractivity contribution is 0.0785. The Labute approximate surface area is 124 Å². The van der Waals surface area contributed by atoms with Gasteiger partial charge in [-0.15, -0.1) is 0 Å². The van der Waals surface area contributed by atoms with Gasteiger partial charge < -0.3 is 10.3 Å². The smallest absolute Gasteiger partial charge is 0.257 e. The average molecular weight is 339 g/mol. The summed E-state index contributed by atoms with van der Waals surface area (Å²) in [5.41, 5.74) is 3.79. The number of hydrazine groups is 1. The summed E-state index contributed by atoms with van der Waals surface area (Å²) in [7, 11) is 3.55. The number of halogens is 1. The molecule has 0 aliphatic carbocycles. The molecule has 2 aromatic rings. The lowest BCUT2D eigenvalue weighted by atomic mass is 10.2. The summed E-state index contributed by atoms with van der Waals surface area (Å²) in [6, 6.07) is 1.68. The Kier molecular flexibility index (Phi) is 4.35. The van der Waals surface area contributed by atoms with E-state index < -0.39 is 0 Å². The van der Waals surface area contributed by atoms with E-state index in [2.05, 4.69) is 31.4 Å². The van der Waals surface area contributed by atoms with Crippen LogP contribution in [0.3, 0.4) is 0 Å². The number of pyridine rings is 1. The highest BCUT2D eigenvalue weighted by Gasteiger charge is 2.17. The van der Waals surface area contributed by atoms with Crippen molar-refractivity contribution in [2.75, 3.05) is 12.5 Å². The number of aromatic nitrogens is 3. The normalized spacial score (nSPS) is 10.4. The van der Waals surface area contributed by atoms with Crippen molar-refractivity contribution in [1.82, 2.24) is 19.7 Å². The molecular weight excluding hydrogens is 324 g/mol. The number of hydrogen-bond acceptors (Lipinski definition) is 5. The fraction of sp³-hybridized carbons (Fsp3) is 0.250. The zero-order valence-electron chi connectivity index (χ0n) is 11.2. The third-order valence-corrected chi connectivity index (χ3v) is 3.18. The van der Waals surface area contributed by atoms with E-state index in [9.17, 15) is 4.79 Å². The molecule has 0 aliphatic heterocycles. The molecule has 0 saturated carbocycles. The highest BCUT2D eigenvalue weighted by atomic mass is 79.9. The molecule has 106 valence electrons. The van der Waals surface area contributed by atoms with E-state index >= 15 is 0 Å². The minimum Gasteiger partial charge on any atom is -0.337 e. The summed E-state index contributed by atoms with van der Waals surface area (Å²) in [5.74, 6) is 5.56. The summed E-state index contributed by atoms with van der Waals surface area (Å²) in [4.78, 5) is 18.1. The second-order valence-electron chi connectivity index (χ2n) is 4.38. The summed E-state index contributed by atoms with van der Waals surface area (Å²) in [6.45, 7) is 0.462. The molecule has 20 heavy (non-hydrogen) atoms. The van der Waals surface area contributed by atoms with Crippen LogP contribution in [0, 0.1) is 0 Å². The van der Waals surface area contributed by atoms with Crippen LogP contribution in [0.25, 0.3) is 0 Å². The molecule has 0 fully saturated rings. The lowest BCUT2D eigenvalue weighted by Crippen LogP contribution is -2.28. The molecule has 0 spiro atoms. The summed E-state index contributed by atoms with van der Waals surface area (Å²) >= 11 is 3.30. The first kappa shape index (κ1) is 14.5. The van der Waals surface area contributed by atoms with Crippen LogP contribution in [0.15, 0.2) is 29.1 Å². The van der Waals surface area contributed by atoms with E-state index in [1.54, 1.807) is 35.1 Å². The van der Waals surface area contributed by atoms with Crippen LogP contribution in [0.4, 0.5) is 5.82 Å². The lowest BCUT2D eigenvalue weighted by Gasteiger charge is -2.17. The molecule has 2 aromatic heterocycles. The van der Waals surface area contributed by atoms with Crippen LogP contribution >= 0.6 is 15.9 Å². The molecule has 0 aliphatic rings. The van der Waals surface area contributed by atoms with Crippen molar-refractivity contribution in [3.05, 3.63) is 40.3 Å². The van der Waals surface area contributed by atoms with Crippen LogP contribution in [-0.4, -0.2) is 32.6 Å². The second-order valence-corrected chi connectivity index (χ2v) is 5.29. The average Bonchev–Trinajstić information content (AvgIpc) is 2.83. The van der Waals surface area contributed by atoms with Crippen molar-refractivity contribution in [2.45, 2.75) is 6.54 Å². The Morgan fingerprint density at radius 2 is 2.30 bits per heavy atom. The molecule has 1 amide bonds. The number of aryl methyl sites for hydroxylation is 1. The monoisotopic (exact) mass is 338 g/mol. The topological polar surface area (TPSA) is 89.1 Å². The van der Waals surface area contributed by atoms with Gasteiger partial charge in [-0.2, -0.15) is 5.10 Å². The fourth-order valence-electron chi connectivity index (χ4n) is 1.82. The van der Waals surface area contributed by atoms with Crippen molar-refractivity contribution < 1.29 is 4.79 Å². The predicted molar refractivity (Wildman–Crippen MR) is 78.8 cm³/mol. The van der Waals surface area contributed by atoms with Crippen LogP contribution in [0.1, 0.15) is 15.9 Å². The Bertz CT molecular complexity index is 626. The molecule has 2 heterocycles. The number of anilines is 1. The third-order valence-electron chi connectivity index (χ3n) is 2.75. The molecular formula is C12H15BrN6O. The zero-order chi connectivity index (χ0) is 14.7. The Morgan fingerprint density at radius 3 is 2.90 bits per heavy atom. The fourth-order valence-corrected chi connectivity index (χ4v) is 2.15. The van der Waals surface area contributed by atoms with Gasteiger partial charge in [-0.25, -0.2) is 10.8 Å². The van der Waals surface area contributed by atoms with E-state index in [-0.39, 0.29) is 5.91 Å². The molecule has 0 unspecified atom stereocenters. The van der Waals surface area contributed by atoms with Gasteiger partial charge in [0, 0.05) is 43.1 Å². The van der Waals surface area contributed by atoms with Crippen LogP contribution < -0.4 is 11.3 Å². The number of carbonyl (C=O) groups excluding carboxylic acids is 1. The first-order valence-corrected chi connectivity index (χ1v) is 6.65. The van der Waals surface area contributed by atoms with Crippen molar-refractivity contribution in [3.8, 4) is 0 Å². The van der Waals surface area contributed by atoms with Gasteiger partial charge in [0.1, 0.15) is 0 Å². The van der Waals surface area contributed by atoms with Gasteiger partial charge in [0.25, 0.3) is 5.91 Å². The van der Waals surface area contributed by atoms with Crippen molar-refractivity contribution in [1.29, 1.82) is 0 Å². The van der Waals surface area contributed by atoms with Crippen LogP contribution in [-0.2, 0) is 13.6 Å². The van der Waals surface area contributed by atoms with Crippen LogP contribution in [0.2, 0.25) is 0 Å². The van der Waals surface area contributed by atoms with E-state index in [0.29, 0.717) is 17.9 Å². The number of nitrogen functional groups attached to an aromatic ring is 1. The van der Waals surface area contributed by atoms with Crippen molar-refractivity contribution in [3.63, 3.8) is 0 Å². The van der Waals surface area contributed by atoms with E-state index in [1.807, 2.05) is 13.2 Å². The number of hydrogen-bond donors (Lipinski definition) is 2. The number of nitrogens with one attached hydrogen (secondary N) is 1. The SMILES string of the molecule is CN(Cc1cnn(C)c1)C(=O)c1cc(Br)cnc1NN. The molecule has 7 nitrogen and oxygen atoms in total. The molecule has 0 bridgehead atoms. The molecule has 0 atom stereocenters. The third kappa shape index (κ3) is 3.14. The van der Waals surface area contributed by atoms with Gasteiger partial charge in [-0.3, -0.25) is 9.48 Å². The summed E-state index contributed by atoms with van der Waals surface area (Å²) in [5, 5.41) is 4.08. The molecule has 3 N–H and O–H groups in total. The molecule has 2 rings (SSSR count).